The molecule has 0 fully saturated rings. The van der Waals surface area contributed by atoms with E-state index < -0.39 is 38.7 Å². The summed E-state index contributed by atoms with van der Waals surface area (Å²) in [6.45, 7) is 4.70. The van der Waals surface area contributed by atoms with Crippen LogP contribution in [0.4, 0.5) is 5.00 Å². The van der Waals surface area contributed by atoms with Gasteiger partial charge in [0.2, 0.25) is 15.7 Å². The number of hydrogen-bond acceptors (Lipinski definition) is 12. The lowest BCUT2D eigenvalue weighted by Gasteiger charge is -2.07. The molecule has 0 bridgehead atoms. The third kappa shape index (κ3) is 6.46. The second-order valence-corrected chi connectivity index (χ2v) is 9.96. The minimum absolute atomic E-state index is 0.0447. The normalized spacial score (nSPS) is 11.1. The molecule has 0 radical (unpaired) electrons. The standard InChI is InChI=1S/C22H23N3O9S2/c1-4-31-20(27)17-13(3)18(21(28)32-5-2)35-19(17)23-15(26)12-36(29,30)22-25-24-16(34-22)11-33-14-9-7-6-8-10-14/h6-10H,4-5,11-12H2,1-3H3,(H,23,26). The highest BCUT2D eigenvalue weighted by Crippen LogP contribution is 2.34. The number of hydrogen-bond donors (Lipinski definition) is 1. The predicted octanol–water partition coefficient (Wildman–Crippen LogP) is 2.78. The van der Waals surface area contributed by atoms with Gasteiger partial charge < -0.3 is 23.9 Å². The lowest BCUT2D eigenvalue weighted by molar-refractivity contribution is -0.113. The second-order valence-electron chi connectivity index (χ2n) is 7.07. The molecule has 3 rings (SSSR count). The van der Waals surface area contributed by atoms with Crippen molar-refractivity contribution in [2.24, 2.45) is 0 Å². The number of ether oxygens (including phenoxy) is 3. The van der Waals surface area contributed by atoms with Gasteiger partial charge in [0.05, 0.1) is 18.8 Å². The van der Waals surface area contributed by atoms with Crippen molar-refractivity contribution in [2.75, 3.05) is 24.3 Å². The monoisotopic (exact) mass is 537 g/mol. The number of aromatic nitrogens is 2. The molecule has 1 aromatic carbocycles. The van der Waals surface area contributed by atoms with Crippen molar-refractivity contribution in [1.29, 1.82) is 0 Å². The van der Waals surface area contributed by atoms with Gasteiger partial charge in [-0.1, -0.05) is 23.3 Å². The van der Waals surface area contributed by atoms with E-state index in [9.17, 15) is 22.8 Å². The Morgan fingerprint density at radius 3 is 2.36 bits per heavy atom. The number of nitrogens with zero attached hydrogens (tertiary/aromatic N) is 2. The van der Waals surface area contributed by atoms with E-state index >= 15 is 0 Å². The van der Waals surface area contributed by atoms with Crippen molar-refractivity contribution in [3.63, 3.8) is 0 Å². The molecule has 0 aliphatic rings. The van der Waals surface area contributed by atoms with Gasteiger partial charge in [-0.15, -0.1) is 16.4 Å². The van der Waals surface area contributed by atoms with E-state index in [0.717, 1.165) is 11.3 Å². The zero-order valence-electron chi connectivity index (χ0n) is 19.6. The van der Waals surface area contributed by atoms with Crippen LogP contribution in [0, 0.1) is 6.92 Å². The summed E-state index contributed by atoms with van der Waals surface area (Å²) in [6.07, 6.45) is 0. The largest absolute Gasteiger partial charge is 0.484 e. The maximum atomic E-state index is 12.6. The van der Waals surface area contributed by atoms with Gasteiger partial charge in [-0.05, 0) is 38.5 Å². The Morgan fingerprint density at radius 2 is 1.69 bits per heavy atom. The molecule has 0 aliphatic carbocycles. The Morgan fingerprint density at radius 1 is 1.03 bits per heavy atom. The van der Waals surface area contributed by atoms with Crippen LogP contribution in [0.1, 0.15) is 45.3 Å². The average Bonchev–Trinajstić information content (AvgIpc) is 3.43. The van der Waals surface area contributed by atoms with Gasteiger partial charge in [0.1, 0.15) is 21.4 Å². The number of benzene rings is 1. The van der Waals surface area contributed by atoms with Gasteiger partial charge in [0.25, 0.3) is 5.89 Å². The lowest BCUT2D eigenvalue weighted by Crippen LogP contribution is -2.24. The maximum Gasteiger partial charge on any atom is 0.348 e. The summed E-state index contributed by atoms with van der Waals surface area (Å²) in [4.78, 5) is 37.4. The molecule has 0 spiro atoms. The number of para-hydroxylation sites is 1. The second kappa shape index (κ2) is 11.8. The van der Waals surface area contributed by atoms with E-state index in [-0.39, 0.29) is 46.7 Å². The molecule has 1 N–H and O–H groups in total. The molecule has 3 aromatic rings. The Bertz CT molecular complexity index is 1350. The van der Waals surface area contributed by atoms with Crippen LogP contribution in [0.25, 0.3) is 0 Å². The molecule has 0 unspecified atom stereocenters. The number of amides is 1. The van der Waals surface area contributed by atoms with Crippen molar-refractivity contribution in [2.45, 2.75) is 32.6 Å². The van der Waals surface area contributed by atoms with E-state index in [0.29, 0.717) is 5.75 Å². The summed E-state index contributed by atoms with van der Waals surface area (Å²) < 4.78 is 45.9. The molecule has 0 aliphatic heterocycles. The summed E-state index contributed by atoms with van der Waals surface area (Å²) in [7, 11) is -4.32. The van der Waals surface area contributed by atoms with Gasteiger partial charge in [0.15, 0.2) is 6.61 Å². The number of anilines is 1. The van der Waals surface area contributed by atoms with E-state index in [2.05, 4.69) is 15.5 Å². The number of rotatable bonds is 11. The molecule has 12 nitrogen and oxygen atoms in total. The highest BCUT2D eigenvalue weighted by atomic mass is 32.2. The first kappa shape index (κ1) is 26.8. The molecule has 36 heavy (non-hydrogen) atoms. The van der Waals surface area contributed by atoms with E-state index in [4.69, 9.17) is 18.6 Å². The average molecular weight is 538 g/mol. The molecular formula is C22H23N3O9S2. The Kier molecular flexibility index (Phi) is 8.77. The van der Waals surface area contributed by atoms with Gasteiger partial charge in [-0.25, -0.2) is 18.0 Å². The third-order valence-electron chi connectivity index (χ3n) is 4.48. The van der Waals surface area contributed by atoms with Crippen LogP contribution in [0.5, 0.6) is 5.75 Å². The Balaban J connectivity index is 1.74. The summed E-state index contributed by atoms with van der Waals surface area (Å²) in [5.41, 5.74) is 0.184. The first-order chi connectivity index (χ1) is 17.2. The fourth-order valence-electron chi connectivity index (χ4n) is 2.92. The fraction of sp³-hybridized carbons (Fsp3) is 0.318. The molecule has 192 valence electrons. The van der Waals surface area contributed by atoms with Gasteiger partial charge in [-0.2, -0.15) is 0 Å². The molecule has 1 amide bonds. The van der Waals surface area contributed by atoms with Crippen LogP contribution in [-0.2, 0) is 30.7 Å². The van der Waals surface area contributed by atoms with Crippen molar-refractivity contribution in [1.82, 2.24) is 10.2 Å². The number of carbonyl (C=O) groups excluding carboxylic acids is 3. The molecule has 2 heterocycles. The van der Waals surface area contributed by atoms with Gasteiger partial charge in [0, 0.05) is 0 Å². The number of esters is 2. The number of thiophene rings is 1. The Hall–Kier alpha value is -3.78. The smallest absolute Gasteiger partial charge is 0.348 e. The van der Waals surface area contributed by atoms with Crippen molar-refractivity contribution in [3.05, 3.63) is 52.2 Å². The maximum absolute atomic E-state index is 12.6. The SMILES string of the molecule is CCOC(=O)c1sc(NC(=O)CS(=O)(=O)c2nnc(COc3ccccc3)o2)c(C(=O)OCC)c1C. The zero-order chi connectivity index (χ0) is 26.3. The summed E-state index contributed by atoms with van der Waals surface area (Å²) in [5, 5.41) is 8.69. The van der Waals surface area contributed by atoms with E-state index in [1.54, 1.807) is 44.2 Å². The van der Waals surface area contributed by atoms with Crippen LogP contribution in [0.2, 0.25) is 0 Å². The molecular weight excluding hydrogens is 514 g/mol. The highest BCUT2D eigenvalue weighted by Gasteiger charge is 2.30. The van der Waals surface area contributed by atoms with Gasteiger partial charge in [-0.3, -0.25) is 4.79 Å². The molecule has 14 heteroatoms. The highest BCUT2D eigenvalue weighted by molar-refractivity contribution is 7.91. The Labute approximate surface area is 210 Å². The molecule has 0 saturated carbocycles. The summed E-state index contributed by atoms with van der Waals surface area (Å²) in [6, 6.07) is 8.72. The van der Waals surface area contributed by atoms with E-state index in [1.807, 2.05) is 0 Å². The first-order valence-corrected chi connectivity index (χ1v) is 13.1. The number of carbonyl (C=O) groups is 3. The lowest BCUT2D eigenvalue weighted by atomic mass is 10.1. The van der Waals surface area contributed by atoms with Crippen LogP contribution in [0.15, 0.2) is 40.0 Å². The molecule has 0 saturated heterocycles. The van der Waals surface area contributed by atoms with Crippen LogP contribution in [0.3, 0.4) is 0 Å². The third-order valence-corrected chi connectivity index (χ3v) is 7.01. The van der Waals surface area contributed by atoms with Crippen molar-refractivity contribution < 1.29 is 41.4 Å². The first-order valence-electron chi connectivity index (χ1n) is 10.7. The molecule has 2 aromatic heterocycles. The fourth-order valence-corrected chi connectivity index (χ4v) is 4.96. The minimum atomic E-state index is -4.32. The van der Waals surface area contributed by atoms with Crippen LogP contribution in [-0.4, -0.2) is 55.4 Å². The minimum Gasteiger partial charge on any atom is -0.484 e. The number of nitrogens with one attached hydrogen (secondary N) is 1. The quantitative estimate of drug-likeness (QED) is 0.358. The topological polar surface area (TPSA) is 164 Å². The molecule has 0 atom stereocenters. The van der Waals surface area contributed by atoms with Crippen molar-refractivity contribution >= 4 is 44.0 Å². The predicted molar refractivity (Wildman–Crippen MR) is 127 cm³/mol. The zero-order valence-corrected chi connectivity index (χ0v) is 21.2. The van der Waals surface area contributed by atoms with E-state index in [1.165, 1.54) is 6.92 Å². The number of sulfone groups is 1. The summed E-state index contributed by atoms with van der Waals surface area (Å²) in [5.74, 6) is -3.09. The van der Waals surface area contributed by atoms with Crippen molar-refractivity contribution in [3.8, 4) is 5.75 Å². The van der Waals surface area contributed by atoms with Crippen LogP contribution >= 0.6 is 11.3 Å². The van der Waals surface area contributed by atoms with Crippen LogP contribution < -0.4 is 10.1 Å². The van der Waals surface area contributed by atoms with Gasteiger partial charge >= 0.3 is 17.2 Å². The summed E-state index contributed by atoms with van der Waals surface area (Å²) >= 11 is 0.777.